The lowest BCUT2D eigenvalue weighted by Gasteiger charge is -2.33. The summed E-state index contributed by atoms with van der Waals surface area (Å²) in [6.07, 6.45) is 3.62. The predicted molar refractivity (Wildman–Crippen MR) is 162 cm³/mol. The number of hydrogen-bond acceptors (Lipinski definition) is 10. The van der Waals surface area contributed by atoms with Gasteiger partial charge in [0.2, 0.25) is 5.91 Å². The first kappa shape index (κ1) is 33.4. The average Bonchev–Trinajstić information content (AvgIpc) is 3.37. The number of nitrogens with zero attached hydrogens (tertiary/aromatic N) is 1. The van der Waals surface area contributed by atoms with Crippen LogP contribution in [0.1, 0.15) is 44.7 Å². The van der Waals surface area contributed by atoms with Gasteiger partial charge in [-0.05, 0) is 51.8 Å². The largest absolute Gasteiger partial charge is 0.460 e. The Morgan fingerprint density at radius 2 is 1.89 bits per heavy atom. The maximum Gasteiger partial charge on any atom is 0.459 e. The second kappa shape index (κ2) is 14.5. The Labute approximate surface area is 257 Å². The number of hydrogen-bond donors (Lipinski definition) is 3. The van der Waals surface area contributed by atoms with E-state index in [1.807, 2.05) is 37.3 Å². The van der Waals surface area contributed by atoms with E-state index in [1.165, 1.54) is 20.8 Å². The zero-order valence-corrected chi connectivity index (χ0v) is 26.1. The van der Waals surface area contributed by atoms with E-state index < -0.39 is 49.9 Å². The number of carbonyl (C=O) groups excluding carboxylic acids is 2. The summed E-state index contributed by atoms with van der Waals surface area (Å²) in [6.45, 7) is 6.23. The smallest absolute Gasteiger partial charge is 0.459 e. The Kier molecular flexibility index (Phi) is 11.0. The van der Waals surface area contributed by atoms with Crippen LogP contribution in [0.3, 0.4) is 0 Å². The standard InChI is InChI=1S/C31H40N3O9P/c1-21-12-14-25(15-13-21)43-44(38,33-22(2)30(36)39-19-23-9-6-5-7-10-23)40-20-26-17-27(42-31(3,4)37)29(41-26)34-16-8-11-24(18-34)28(32)35/h5-10,12-16,18,22,26-27,29,37H,11,17,19-20H2,1-4H3,(H2,32,35)(H,33,38)/t22?,26?,27?,29-,44?/m1/s1. The van der Waals surface area contributed by atoms with Crippen LogP contribution in [0.4, 0.5) is 0 Å². The molecule has 1 amide bonds. The lowest BCUT2D eigenvalue weighted by Crippen LogP contribution is -2.42. The molecule has 1 fully saturated rings. The number of aryl methyl sites for hydroxylation is 1. The molecule has 12 nitrogen and oxygen atoms in total. The number of esters is 1. The molecular weight excluding hydrogens is 589 g/mol. The monoisotopic (exact) mass is 629 g/mol. The Morgan fingerprint density at radius 3 is 2.55 bits per heavy atom. The second-order valence-electron chi connectivity index (χ2n) is 11.2. The van der Waals surface area contributed by atoms with Gasteiger partial charge in [-0.2, -0.15) is 5.09 Å². The van der Waals surface area contributed by atoms with Gasteiger partial charge in [-0.3, -0.25) is 14.1 Å². The van der Waals surface area contributed by atoms with Crippen LogP contribution < -0.4 is 15.3 Å². The van der Waals surface area contributed by atoms with Crippen molar-refractivity contribution in [2.45, 2.75) is 77.4 Å². The van der Waals surface area contributed by atoms with E-state index in [-0.39, 0.29) is 25.4 Å². The molecule has 4 N–H and O–H groups in total. The molecule has 0 bridgehead atoms. The SMILES string of the molecule is Cc1ccc(OP(=O)(NC(C)C(=O)OCc2ccccc2)OCC2CC(OC(C)(C)O)[C@H](N3C=CCC(C(N)=O)=C3)O2)cc1. The fourth-order valence-corrected chi connectivity index (χ4v) is 6.14. The van der Waals surface area contributed by atoms with E-state index >= 15 is 0 Å². The van der Waals surface area contributed by atoms with Crippen molar-refractivity contribution in [1.29, 1.82) is 0 Å². The molecule has 4 rings (SSSR count). The topological polar surface area (TPSA) is 159 Å². The average molecular weight is 630 g/mol. The molecule has 2 aromatic rings. The van der Waals surface area contributed by atoms with E-state index in [2.05, 4.69) is 5.09 Å². The number of rotatable bonds is 14. The molecule has 1 saturated heterocycles. The normalized spacial score (nSPS) is 22.2. The summed E-state index contributed by atoms with van der Waals surface area (Å²) < 4.78 is 43.2. The van der Waals surface area contributed by atoms with Crippen molar-refractivity contribution in [3.63, 3.8) is 0 Å². The minimum Gasteiger partial charge on any atom is -0.460 e. The fraction of sp³-hybridized carbons (Fsp3) is 0.419. The maximum atomic E-state index is 14.1. The van der Waals surface area contributed by atoms with Crippen molar-refractivity contribution < 1.29 is 42.5 Å². The third-order valence-corrected chi connectivity index (χ3v) is 8.37. The summed E-state index contributed by atoms with van der Waals surface area (Å²) in [5.41, 5.74) is 7.64. The maximum absolute atomic E-state index is 14.1. The Morgan fingerprint density at radius 1 is 1.18 bits per heavy atom. The van der Waals surface area contributed by atoms with Gasteiger partial charge in [-0.25, -0.2) is 4.57 Å². The fourth-order valence-electron chi connectivity index (χ4n) is 4.61. The molecule has 0 saturated carbocycles. The molecule has 0 spiro atoms. The van der Waals surface area contributed by atoms with Crippen molar-refractivity contribution in [2.75, 3.05) is 6.61 Å². The van der Waals surface area contributed by atoms with Gasteiger partial charge in [-0.1, -0.05) is 54.1 Å². The van der Waals surface area contributed by atoms with Crippen LogP contribution >= 0.6 is 7.75 Å². The summed E-state index contributed by atoms with van der Waals surface area (Å²) in [5, 5.41) is 13.1. The van der Waals surface area contributed by atoms with Gasteiger partial charge in [0, 0.05) is 24.4 Å². The molecule has 5 atom stereocenters. The van der Waals surface area contributed by atoms with E-state index in [0.29, 0.717) is 12.0 Å². The van der Waals surface area contributed by atoms with Crippen molar-refractivity contribution in [3.8, 4) is 5.75 Å². The number of primary amides is 1. The van der Waals surface area contributed by atoms with E-state index in [4.69, 9.17) is 29.0 Å². The van der Waals surface area contributed by atoms with Crippen molar-refractivity contribution in [2.24, 2.45) is 5.73 Å². The van der Waals surface area contributed by atoms with E-state index in [1.54, 1.807) is 47.6 Å². The predicted octanol–water partition coefficient (Wildman–Crippen LogP) is 4.04. The van der Waals surface area contributed by atoms with Gasteiger partial charge in [0.1, 0.15) is 24.5 Å². The Balaban J connectivity index is 1.47. The zero-order chi connectivity index (χ0) is 31.9. The third-order valence-electron chi connectivity index (χ3n) is 6.72. The number of amides is 1. The molecule has 0 radical (unpaired) electrons. The highest BCUT2D eigenvalue weighted by Gasteiger charge is 2.43. The lowest BCUT2D eigenvalue weighted by atomic mass is 10.1. The molecular formula is C31H40N3O9P. The van der Waals surface area contributed by atoms with Crippen molar-refractivity contribution in [3.05, 3.63) is 89.8 Å². The molecule has 4 unspecified atom stereocenters. The van der Waals surface area contributed by atoms with Crippen LogP contribution in [0.15, 0.2) is 78.6 Å². The first-order valence-electron chi connectivity index (χ1n) is 14.3. The number of allylic oxidation sites excluding steroid dienone is 1. The molecule has 0 aromatic heterocycles. The van der Waals surface area contributed by atoms with Crippen LogP contribution in [0.2, 0.25) is 0 Å². The number of nitrogens with two attached hydrogens (primary N) is 1. The minimum atomic E-state index is -4.17. The Bertz CT molecular complexity index is 1390. The van der Waals surface area contributed by atoms with Gasteiger partial charge in [0.05, 0.1) is 12.7 Å². The van der Waals surface area contributed by atoms with Gasteiger partial charge in [0.25, 0.3) is 0 Å². The summed E-state index contributed by atoms with van der Waals surface area (Å²) in [7, 11) is -4.17. The van der Waals surface area contributed by atoms with Gasteiger partial charge >= 0.3 is 13.7 Å². The Hall–Kier alpha value is -3.51. The van der Waals surface area contributed by atoms with Crippen LogP contribution in [0.5, 0.6) is 5.75 Å². The number of aliphatic hydroxyl groups is 1. The second-order valence-corrected chi connectivity index (χ2v) is 12.9. The van der Waals surface area contributed by atoms with Crippen molar-refractivity contribution in [1.82, 2.24) is 9.99 Å². The molecule has 238 valence electrons. The molecule has 2 aliphatic rings. The van der Waals surface area contributed by atoms with Crippen molar-refractivity contribution >= 4 is 19.6 Å². The van der Waals surface area contributed by atoms with E-state index in [0.717, 1.165) is 11.1 Å². The van der Waals surface area contributed by atoms with Gasteiger partial charge in [0.15, 0.2) is 12.0 Å². The minimum absolute atomic E-state index is 0.0480. The van der Waals surface area contributed by atoms with Crippen LogP contribution in [-0.4, -0.2) is 58.8 Å². The summed E-state index contributed by atoms with van der Waals surface area (Å²) in [5.74, 6) is -2.42. The number of nitrogens with one attached hydrogen (secondary N) is 1. The first-order valence-corrected chi connectivity index (χ1v) is 15.8. The highest BCUT2D eigenvalue weighted by molar-refractivity contribution is 7.52. The van der Waals surface area contributed by atoms with Crippen LogP contribution in [-0.2, 0) is 39.5 Å². The van der Waals surface area contributed by atoms with Crippen LogP contribution in [0.25, 0.3) is 0 Å². The first-order chi connectivity index (χ1) is 20.8. The third kappa shape index (κ3) is 9.75. The molecule has 2 aromatic carbocycles. The zero-order valence-electron chi connectivity index (χ0n) is 25.3. The van der Waals surface area contributed by atoms with Gasteiger partial charge < -0.3 is 34.5 Å². The number of ether oxygens (including phenoxy) is 3. The molecule has 2 aliphatic heterocycles. The van der Waals surface area contributed by atoms with E-state index in [9.17, 15) is 19.3 Å². The highest BCUT2D eigenvalue weighted by Crippen LogP contribution is 2.46. The molecule has 0 aliphatic carbocycles. The number of carbonyl (C=O) groups is 2. The van der Waals surface area contributed by atoms with Gasteiger partial charge in [-0.15, -0.1) is 0 Å². The quantitative estimate of drug-likeness (QED) is 0.157. The van der Waals surface area contributed by atoms with Crippen LogP contribution in [0, 0.1) is 6.92 Å². The number of benzene rings is 2. The molecule has 2 heterocycles. The molecule has 44 heavy (non-hydrogen) atoms. The summed E-state index contributed by atoms with van der Waals surface area (Å²) in [4.78, 5) is 26.2. The summed E-state index contributed by atoms with van der Waals surface area (Å²) >= 11 is 0. The highest BCUT2D eigenvalue weighted by atomic mass is 31.2. The lowest BCUT2D eigenvalue weighted by molar-refractivity contribution is -0.224. The molecule has 13 heteroatoms. The summed E-state index contributed by atoms with van der Waals surface area (Å²) in [6, 6.07) is 15.0.